The van der Waals surface area contributed by atoms with Crippen molar-refractivity contribution in [3.8, 4) is 0 Å². The smallest absolute Gasteiger partial charge is 0.0794 e. The highest BCUT2D eigenvalue weighted by atomic mass is 79.9. The predicted molar refractivity (Wildman–Crippen MR) is 59.8 cm³/mol. The Morgan fingerprint density at radius 3 is 2.79 bits per heavy atom. The lowest BCUT2D eigenvalue weighted by Crippen LogP contribution is -2.49. The maximum atomic E-state index is 9.15. The average Bonchev–Trinajstić information content (AvgIpc) is 2.08. The van der Waals surface area contributed by atoms with Crippen LogP contribution in [-0.4, -0.2) is 29.2 Å². The van der Waals surface area contributed by atoms with Crippen molar-refractivity contribution < 1.29 is 5.11 Å². The van der Waals surface area contributed by atoms with Crippen molar-refractivity contribution in [2.45, 2.75) is 12.6 Å². The van der Waals surface area contributed by atoms with Crippen LogP contribution in [0.1, 0.15) is 5.56 Å². The molecule has 1 aromatic carbocycles. The summed E-state index contributed by atoms with van der Waals surface area (Å²) in [6.07, 6.45) is -0.154. The number of hydrogen-bond donors (Lipinski definition) is 2. The van der Waals surface area contributed by atoms with E-state index < -0.39 is 0 Å². The molecule has 1 saturated heterocycles. The van der Waals surface area contributed by atoms with E-state index >= 15 is 0 Å². The summed E-state index contributed by atoms with van der Waals surface area (Å²) in [5.74, 6) is 0. The van der Waals surface area contributed by atoms with Crippen molar-refractivity contribution >= 4 is 21.6 Å². The summed E-state index contributed by atoms with van der Waals surface area (Å²) in [7, 11) is 0. The molecule has 3 N–H and O–H groups in total. The first-order valence-corrected chi connectivity index (χ1v) is 5.39. The van der Waals surface area contributed by atoms with Gasteiger partial charge in [-0.05, 0) is 12.1 Å². The van der Waals surface area contributed by atoms with Crippen LogP contribution >= 0.6 is 15.9 Å². The van der Waals surface area contributed by atoms with Crippen molar-refractivity contribution in [2.24, 2.45) is 0 Å². The number of likely N-dealkylation sites (tertiary alicyclic amines) is 1. The number of aliphatic hydroxyl groups excluding tert-OH is 1. The highest BCUT2D eigenvalue weighted by molar-refractivity contribution is 9.10. The molecule has 1 aliphatic rings. The van der Waals surface area contributed by atoms with Gasteiger partial charge >= 0.3 is 0 Å². The maximum absolute atomic E-state index is 9.15. The summed E-state index contributed by atoms with van der Waals surface area (Å²) < 4.78 is 1.04. The van der Waals surface area contributed by atoms with E-state index in [1.165, 1.54) is 0 Å². The first kappa shape index (κ1) is 9.96. The number of nitrogens with two attached hydrogens (primary N) is 1. The zero-order valence-corrected chi connectivity index (χ0v) is 9.37. The number of aliphatic hydroxyl groups is 1. The van der Waals surface area contributed by atoms with Crippen LogP contribution in [0, 0.1) is 0 Å². The Morgan fingerprint density at radius 2 is 2.21 bits per heavy atom. The normalized spacial score (nSPS) is 18.1. The summed E-state index contributed by atoms with van der Waals surface area (Å²) in [6.45, 7) is 2.31. The van der Waals surface area contributed by atoms with Gasteiger partial charge < -0.3 is 10.8 Å². The van der Waals surface area contributed by atoms with Gasteiger partial charge in [0.15, 0.2) is 0 Å². The van der Waals surface area contributed by atoms with E-state index in [1.54, 1.807) is 0 Å². The molecular formula is C10H13BrN2O. The number of nitrogen functional groups attached to an aromatic ring is 1. The van der Waals surface area contributed by atoms with Crippen molar-refractivity contribution in [2.75, 3.05) is 18.8 Å². The Kier molecular flexibility index (Phi) is 2.76. The third kappa shape index (κ3) is 1.92. The van der Waals surface area contributed by atoms with Crippen LogP contribution in [0.25, 0.3) is 0 Å². The second-order valence-corrected chi connectivity index (χ2v) is 4.51. The van der Waals surface area contributed by atoms with Gasteiger partial charge in [-0.1, -0.05) is 22.0 Å². The summed E-state index contributed by atoms with van der Waals surface area (Å²) in [6, 6.07) is 5.81. The van der Waals surface area contributed by atoms with Crippen molar-refractivity contribution in [3.63, 3.8) is 0 Å². The highest BCUT2D eigenvalue weighted by Crippen LogP contribution is 2.25. The van der Waals surface area contributed by atoms with Crippen molar-refractivity contribution in [1.82, 2.24) is 4.90 Å². The van der Waals surface area contributed by atoms with Crippen LogP contribution in [0.4, 0.5) is 5.69 Å². The van der Waals surface area contributed by atoms with Gasteiger partial charge in [0.25, 0.3) is 0 Å². The van der Waals surface area contributed by atoms with Gasteiger partial charge in [-0.2, -0.15) is 0 Å². The topological polar surface area (TPSA) is 49.5 Å². The molecule has 0 radical (unpaired) electrons. The molecule has 3 nitrogen and oxygen atoms in total. The van der Waals surface area contributed by atoms with Crippen molar-refractivity contribution in [3.05, 3.63) is 28.2 Å². The third-order valence-corrected chi connectivity index (χ3v) is 3.22. The van der Waals surface area contributed by atoms with Crippen LogP contribution in [0.15, 0.2) is 22.7 Å². The molecule has 4 heteroatoms. The van der Waals surface area contributed by atoms with Crippen molar-refractivity contribution in [1.29, 1.82) is 0 Å². The molecule has 2 rings (SSSR count). The molecule has 1 aromatic rings. The number of rotatable bonds is 2. The molecule has 1 fully saturated rings. The zero-order valence-electron chi connectivity index (χ0n) is 7.78. The fraction of sp³-hybridized carbons (Fsp3) is 0.400. The summed E-state index contributed by atoms with van der Waals surface area (Å²) in [4.78, 5) is 2.17. The molecule has 0 atom stereocenters. The second-order valence-electron chi connectivity index (χ2n) is 3.66. The van der Waals surface area contributed by atoms with Gasteiger partial charge in [-0.15, -0.1) is 0 Å². The van der Waals surface area contributed by atoms with Crippen LogP contribution in [0.3, 0.4) is 0 Å². The van der Waals surface area contributed by atoms with Crippen LogP contribution in [0.5, 0.6) is 0 Å². The molecule has 0 bridgehead atoms. The number of benzene rings is 1. The monoisotopic (exact) mass is 256 g/mol. The highest BCUT2D eigenvalue weighted by Gasteiger charge is 2.25. The van der Waals surface area contributed by atoms with E-state index in [-0.39, 0.29) is 6.10 Å². The first-order valence-electron chi connectivity index (χ1n) is 4.60. The number of β-amino-alcohol motifs (C(OH)–C–C–N with tert-alkyl or cyclic N) is 1. The Labute approximate surface area is 91.6 Å². The lowest BCUT2D eigenvalue weighted by molar-refractivity contribution is -0.00286. The fourth-order valence-corrected chi connectivity index (χ4v) is 2.14. The summed E-state index contributed by atoms with van der Waals surface area (Å²) >= 11 is 3.47. The molecule has 0 spiro atoms. The molecule has 0 unspecified atom stereocenters. The zero-order chi connectivity index (χ0) is 10.1. The average molecular weight is 257 g/mol. The lowest BCUT2D eigenvalue weighted by atomic mass is 10.1. The quantitative estimate of drug-likeness (QED) is 0.783. The lowest BCUT2D eigenvalue weighted by Gasteiger charge is -2.36. The van der Waals surface area contributed by atoms with E-state index in [1.807, 2.05) is 18.2 Å². The Hall–Kier alpha value is -0.580. The maximum Gasteiger partial charge on any atom is 0.0794 e. The van der Waals surface area contributed by atoms with Gasteiger partial charge in [0.05, 0.1) is 6.10 Å². The molecular weight excluding hydrogens is 244 g/mol. The molecule has 1 aliphatic heterocycles. The largest absolute Gasteiger partial charge is 0.398 e. The molecule has 0 saturated carbocycles. The summed E-state index contributed by atoms with van der Waals surface area (Å²) in [5.41, 5.74) is 7.78. The van der Waals surface area contributed by atoms with E-state index in [4.69, 9.17) is 10.8 Å². The Bertz CT molecular complexity index is 317. The van der Waals surface area contributed by atoms with Gasteiger partial charge in [0.2, 0.25) is 0 Å². The van der Waals surface area contributed by atoms with Gasteiger partial charge in [-0.25, -0.2) is 0 Å². The molecule has 76 valence electrons. The van der Waals surface area contributed by atoms with Gasteiger partial charge in [-0.3, -0.25) is 4.90 Å². The van der Waals surface area contributed by atoms with E-state index in [9.17, 15) is 0 Å². The van der Waals surface area contributed by atoms with Crippen LogP contribution < -0.4 is 5.73 Å². The molecule has 1 heterocycles. The number of anilines is 1. The minimum Gasteiger partial charge on any atom is -0.398 e. The number of nitrogens with zero attached hydrogens (tertiary/aromatic N) is 1. The van der Waals surface area contributed by atoms with Crippen LogP contribution in [-0.2, 0) is 6.54 Å². The SMILES string of the molecule is Nc1cccc(Br)c1CN1CC(O)C1. The first-order chi connectivity index (χ1) is 6.66. The van der Waals surface area contributed by atoms with E-state index in [0.717, 1.165) is 35.4 Å². The standard InChI is InChI=1S/C10H13BrN2O/c11-9-2-1-3-10(12)8(9)6-13-4-7(14)5-13/h1-3,7,14H,4-6,12H2. The number of hydrogen-bond acceptors (Lipinski definition) is 3. The second kappa shape index (κ2) is 3.88. The molecule has 0 aliphatic carbocycles. The minimum atomic E-state index is -0.154. The van der Waals surface area contributed by atoms with E-state index in [2.05, 4.69) is 20.8 Å². The van der Waals surface area contributed by atoms with Gasteiger partial charge in [0, 0.05) is 35.4 Å². The Morgan fingerprint density at radius 1 is 1.50 bits per heavy atom. The van der Waals surface area contributed by atoms with Gasteiger partial charge in [0.1, 0.15) is 0 Å². The predicted octanol–water partition coefficient (Wildman–Crippen LogP) is 1.21. The van der Waals surface area contributed by atoms with E-state index in [0.29, 0.717) is 0 Å². The fourth-order valence-electron chi connectivity index (χ4n) is 1.64. The molecule has 0 amide bonds. The third-order valence-electron chi connectivity index (χ3n) is 2.47. The van der Waals surface area contributed by atoms with Crippen LogP contribution in [0.2, 0.25) is 0 Å². The Balaban J connectivity index is 2.09. The summed E-state index contributed by atoms with van der Waals surface area (Å²) in [5, 5.41) is 9.15. The minimum absolute atomic E-state index is 0.154. The molecule has 14 heavy (non-hydrogen) atoms. The number of halogens is 1. The molecule has 0 aromatic heterocycles.